The van der Waals surface area contributed by atoms with Crippen molar-refractivity contribution in [2.24, 2.45) is 0 Å². The van der Waals surface area contributed by atoms with Crippen LogP contribution in [-0.2, 0) is 10.1 Å². The lowest BCUT2D eigenvalue weighted by atomic mass is 10.3. The molecule has 0 unspecified atom stereocenters. The molecule has 2 rings (SSSR count). The highest BCUT2D eigenvalue weighted by Crippen LogP contribution is 2.14. The first-order chi connectivity index (χ1) is 7.48. The quantitative estimate of drug-likeness (QED) is 0.785. The molecule has 0 saturated carbocycles. The Balaban J connectivity index is 2.45. The van der Waals surface area contributed by atoms with Gasteiger partial charge in [0.2, 0.25) is 5.16 Å². The van der Waals surface area contributed by atoms with Crippen molar-refractivity contribution in [1.29, 1.82) is 0 Å². The van der Waals surface area contributed by atoms with Gasteiger partial charge in [0, 0.05) is 0 Å². The summed E-state index contributed by atoms with van der Waals surface area (Å²) >= 11 is 4.83. The number of hydrogen-bond acceptors (Lipinski definition) is 5. The van der Waals surface area contributed by atoms with Crippen LogP contribution in [0.1, 0.15) is 0 Å². The molecule has 0 bridgehead atoms. The Bertz CT molecular complexity index is 605. The summed E-state index contributed by atoms with van der Waals surface area (Å²) in [5.74, 6) is 0. The number of hydrogen-bond donors (Lipinski definition) is 1. The molecule has 1 heterocycles. The topological polar surface area (TPSA) is 98.0 Å². The fraction of sp³-hybridized carbons (Fsp3) is 0. The summed E-state index contributed by atoms with van der Waals surface area (Å²) in [4.78, 5) is -0.199. The minimum Gasteiger partial charge on any atom is -0.282 e. The van der Waals surface area contributed by atoms with E-state index in [4.69, 9.17) is 17.2 Å². The van der Waals surface area contributed by atoms with Gasteiger partial charge in [-0.1, -0.05) is 5.10 Å². The van der Waals surface area contributed by atoms with Crippen LogP contribution in [0.4, 0.5) is 0 Å². The Morgan fingerprint density at radius 3 is 2.31 bits per heavy atom. The van der Waals surface area contributed by atoms with Gasteiger partial charge in [0.25, 0.3) is 10.1 Å². The van der Waals surface area contributed by atoms with Crippen LogP contribution in [0.5, 0.6) is 0 Å². The first-order valence-electron chi connectivity index (χ1n) is 4.02. The molecule has 0 aliphatic rings. The van der Waals surface area contributed by atoms with Crippen molar-refractivity contribution in [2.45, 2.75) is 10.1 Å². The number of aromatic nitrogens is 4. The zero-order valence-electron chi connectivity index (χ0n) is 7.68. The maximum Gasteiger partial charge on any atom is 0.294 e. The van der Waals surface area contributed by atoms with Crippen LogP contribution in [0.3, 0.4) is 0 Å². The number of benzene rings is 1. The minimum atomic E-state index is -4.19. The van der Waals surface area contributed by atoms with Gasteiger partial charge in [-0.05, 0) is 47.3 Å². The molecule has 0 amide bonds. The van der Waals surface area contributed by atoms with Crippen molar-refractivity contribution in [3.05, 3.63) is 24.3 Å². The maximum absolute atomic E-state index is 10.8. The molecule has 7 nitrogen and oxygen atoms in total. The van der Waals surface area contributed by atoms with Crippen molar-refractivity contribution in [2.75, 3.05) is 0 Å². The lowest BCUT2D eigenvalue weighted by Crippen LogP contribution is -2.00. The largest absolute Gasteiger partial charge is 0.294 e. The molecule has 0 aliphatic carbocycles. The van der Waals surface area contributed by atoms with Gasteiger partial charge in [-0.2, -0.15) is 13.1 Å². The summed E-state index contributed by atoms with van der Waals surface area (Å²) in [6, 6.07) is 5.35. The van der Waals surface area contributed by atoms with Crippen LogP contribution in [0, 0.1) is 0 Å². The van der Waals surface area contributed by atoms with E-state index in [0.717, 1.165) is 0 Å². The summed E-state index contributed by atoms with van der Waals surface area (Å²) < 4.78 is 31.6. The molecule has 1 N–H and O–H groups in total. The molecule has 1 aromatic heterocycles. The number of nitrogens with zero attached hydrogens (tertiary/aromatic N) is 4. The highest BCUT2D eigenvalue weighted by Gasteiger charge is 2.10. The monoisotopic (exact) mass is 257 g/mol. The van der Waals surface area contributed by atoms with E-state index in [1.165, 1.54) is 28.9 Å². The highest BCUT2D eigenvalue weighted by atomic mass is 32.2. The van der Waals surface area contributed by atoms with E-state index in [-0.39, 0.29) is 10.1 Å². The second-order valence-corrected chi connectivity index (χ2v) is 4.63. The van der Waals surface area contributed by atoms with Crippen molar-refractivity contribution in [3.8, 4) is 5.69 Å². The van der Waals surface area contributed by atoms with Crippen molar-refractivity contribution in [3.63, 3.8) is 0 Å². The lowest BCUT2D eigenvalue weighted by Gasteiger charge is -2.01. The zero-order chi connectivity index (χ0) is 11.8. The van der Waals surface area contributed by atoms with Crippen molar-refractivity contribution >= 4 is 22.7 Å². The standard InChI is InChI=1S/C7H5N4O3S2/c12-16(13,14)6-3-1-5(2-4-6)11-7(15)8-9-10-11/h1-4H,(H,12,13,14). The third-order valence-electron chi connectivity index (χ3n) is 1.82. The highest BCUT2D eigenvalue weighted by molar-refractivity contribution is 7.85. The first-order valence-corrected chi connectivity index (χ1v) is 5.86. The fourth-order valence-electron chi connectivity index (χ4n) is 1.10. The van der Waals surface area contributed by atoms with Crippen LogP contribution in [0.15, 0.2) is 34.3 Å². The molecular formula is C7H5N4O3S2. The van der Waals surface area contributed by atoms with E-state index in [1.54, 1.807) is 0 Å². The molecule has 0 spiro atoms. The molecule has 1 aromatic carbocycles. The SMILES string of the molecule is O=S(=O)(O)c1ccc(-n2nnnc2[S])cc1. The average molecular weight is 257 g/mol. The van der Waals surface area contributed by atoms with E-state index < -0.39 is 10.1 Å². The Morgan fingerprint density at radius 2 is 1.88 bits per heavy atom. The third-order valence-corrected chi connectivity index (χ3v) is 2.94. The smallest absolute Gasteiger partial charge is 0.282 e. The van der Waals surface area contributed by atoms with Gasteiger partial charge < -0.3 is 0 Å². The Hall–Kier alpha value is -1.58. The van der Waals surface area contributed by atoms with Gasteiger partial charge in [0.1, 0.15) is 0 Å². The third kappa shape index (κ3) is 2.01. The summed E-state index contributed by atoms with van der Waals surface area (Å²) in [6.07, 6.45) is 0. The van der Waals surface area contributed by atoms with Gasteiger partial charge in [0.05, 0.1) is 10.6 Å². The lowest BCUT2D eigenvalue weighted by molar-refractivity contribution is 0.483. The van der Waals surface area contributed by atoms with E-state index in [1.807, 2.05) is 0 Å². The molecular weight excluding hydrogens is 252 g/mol. The van der Waals surface area contributed by atoms with Gasteiger partial charge in [0.15, 0.2) is 0 Å². The molecule has 0 fully saturated rings. The molecule has 0 saturated heterocycles. The molecule has 1 radical (unpaired) electrons. The van der Waals surface area contributed by atoms with Crippen molar-refractivity contribution < 1.29 is 13.0 Å². The second kappa shape index (κ2) is 3.77. The summed E-state index contributed by atoms with van der Waals surface area (Å²) in [5, 5.41) is 10.7. The zero-order valence-corrected chi connectivity index (χ0v) is 9.31. The van der Waals surface area contributed by atoms with Gasteiger partial charge in [-0.15, -0.1) is 0 Å². The van der Waals surface area contributed by atoms with Crippen molar-refractivity contribution in [1.82, 2.24) is 20.2 Å². The predicted molar refractivity (Wildman–Crippen MR) is 54.8 cm³/mol. The number of rotatable bonds is 2. The van der Waals surface area contributed by atoms with E-state index in [9.17, 15) is 8.42 Å². The maximum atomic E-state index is 10.8. The molecule has 16 heavy (non-hydrogen) atoms. The Kier molecular flexibility index (Phi) is 2.58. The van der Waals surface area contributed by atoms with Crippen LogP contribution in [-0.4, -0.2) is 33.2 Å². The van der Waals surface area contributed by atoms with Crippen LogP contribution < -0.4 is 0 Å². The van der Waals surface area contributed by atoms with Crippen LogP contribution >= 0.6 is 12.6 Å². The van der Waals surface area contributed by atoms with E-state index >= 15 is 0 Å². The fourth-order valence-corrected chi connectivity index (χ4v) is 1.76. The number of tetrazole rings is 1. The summed E-state index contributed by atoms with van der Waals surface area (Å²) in [6.45, 7) is 0. The molecule has 2 aromatic rings. The molecule has 83 valence electrons. The minimum absolute atomic E-state index is 0.166. The van der Waals surface area contributed by atoms with Gasteiger partial charge in [-0.25, -0.2) is 0 Å². The van der Waals surface area contributed by atoms with Crippen LogP contribution in [0.2, 0.25) is 0 Å². The first kappa shape index (κ1) is 10.9. The van der Waals surface area contributed by atoms with Gasteiger partial charge in [-0.3, -0.25) is 4.55 Å². The average Bonchev–Trinajstić information content (AvgIpc) is 2.63. The van der Waals surface area contributed by atoms with Crippen LogP contribution in [0.25, 0.3) is 5.69 Å². The predicted octanol–water partition coefficient (Wildman–Crippen LogP) is 0.465. The van der Waals surface area contributed by atoms with E-state index in [2.05, 4.69) is 15.5 Å². The van der Waals surface area contributed by atoms with E-state index in [0.29, 0.717) is 5.69 Å². The van der Waals surface area contributed by atoms with Gasteiger partial charge >= 0.3 is 0 Å². The summed E-state index contributed by atoms with van der Waals surface area (Å²) in [5.41, 5.74) is 0.516. The summed E-state index contributed by atoms with van der Waals surface area (Å²) in [7, 11) is -4.19. The Labute approximate surface area is 96.3 Å². The molecule has 0 aliphatic heterocycles. The molecule has 9 heteroatoms. The normalized spacial score (nSPS) is 11.6. The Morgan fingerprint density at radius 1 is 1.25 bits per heavy atom. The molecule has 0 atom stereocenters. The second-order valence-electron chi connectivity index (χ2n) is 2.84.